The number of nitrogens with one attached hydrogen (secondary N) is 1. The molecule has 4 nitrogen and oxygen atoms in total. The molecule has 1 N–H and O–H groups in total. The molecule has 18 heavy (non-hydrogen) atoms. The second-order valence-electron chi connectivity index (χ2n) is 3.31. The predicted octanol–water partition coefficient (Wildman–Crippen LogP) is 3.53. The van der Waals surface area contributed by atoms with Crippen molar-refractivity contribution in [3.63, 3.8) is 0 Å². The molecule has 0 bridgehead atoms. The molecule has 0 fully saturated rings. The summed E-state index contributed by atoms with van der Waals surface area (Å²) in [5.74, 6) is -0.979. The van der Waals surface area contributed by atoms with Crippen molar-refractivity contribution in [3.05, 3.63) is 34.7 Å². The van der Waals surface area contributed by atoms with Crippen molar-refractivity contribution in [2.75, 3.05) is 11.2 Å². The highest BCUT2D eigenvalue weighted by atomic mass is 35.5. The molecule has 0 spiro atoms. The number of aryl methyl sites for hydroxylation is 1. The minimum absolute atomic E-state index is 0.0393. The lowest BCUT2D eigenvalue weighted by molar-refractivity contribution is 0.515. The summed E-state index contributed by atoms with van der Waals surface area (Å²) in [6.07, 6.45) is 0.399. The van der Waals surface area contributed by atoms with Crippen molar-refractivity contribution in [3.8, 4) is 0 Å². The van der Waals surface area contributed by atoms with E-state index < -0.39 is 11.6 Å². The van der Waals surface area contributed by atoms with E-state index >= 15 is 0 Å². The highest BCUT2D eigenvalue weighted by molar-refractivity contribution is 6.33. The molecule has 0 saturated heterocycles. The predicted molar refractivity (Wildman–Crippen MR) is 63.4 cm³/mol. The Balaban J connectivity index is 2.22. The number of alkyl halides is 1. The standard InChI is InChI=1S/C10H7Cl2F2N3O/c11-2-1-8-16-17-10(18-8)15-9-6(12)3-5(13)4-7(9)14/h3-4H,1-2H2,(H,15,17). The van der Waals surface area contributed by atoms with Crippen molar-refractivity contribution in [1.82, 2.24) is 10.2 Å². The fourth-order valence-electron chi connectivity index (χ4n) is 1.25. The van der Waals surface area contributed by atoms with E-state index in [1.807, 2.05) is 0 Å². The molecule has 0 aliphatic heterocycles. The third-order valence-corrected chi connectivity index (χ3v) is 2.50. The summed E-state index contributed by atoms with van der Waals surface area (Å²) >= 11 is 11.2. The summed E-state index contributed by atoms with van der Waals surface area (Å²) in [5.41, 5.74) is -0.126. The van der Waals surface area contributed by atoms with Gasteiger partial charge in [0.1, 0.15) is 5.82 Å². The second kappa shape index (κ2) is 5.49. The smallest absolute Gasteiger partial charge is 0.320 e. The molecule has 1 aromatic carbocycles. The lowest BCUT2D eigenvalue weighted by Crippen LogP contribution is -1.96. The summed E-state index contributed by atoms with van der Waals surface area (Å²) in [6.45, 7) is 0. The molecule has 0 radical (unpaired) electrons. The summed E-state index contributed by atoms with van der Waals surface area (Å²) < 4.78 is 31.4. The average molecular weight is 294 g/mol. The lowest BCUT2D eigenvalue weighted by atomic mass is 10.3. The highest BCUT2D eigenvalue weighted by Gasteiger charge is 2.13. The SMILES string of the molecule is Fc1cc(F)c(Nc2nnc(CCCl)o2)c(Cl)c1. The molecule has 2 aromatic rings. The van der Waals surface area contributed by atoms with E-state index in [0.29, 0.717) is 24.3 Å². The molecule has 1 aromatic heterocycles. The van der Waals surface area contributed by atoms with Gasteiger partial charge in [0.2, 0.25) is 5.89 Å². The zero-order valence-electron chi connectivity index (χ0n) is 8.88. The van der Waals surface area contributed by atoms with E-state index in [1.54, 1.807) is 0 Å². The fourth-order valence-corrected chi connectivity index (χ4v) is 1.66. The zero-order valence-corrected chi connectivity index (χ0v) is 10.4. The van der Waals surface area contributed by atoms with Crippen LogP contribution in [0.3, 0.4) is 0 Å². The first-order chi connectivity index (χ1) is 8.60. The summed E-state index contributed by atoms with van der Waals surface area (Å²) in [4.78, 5) is 0. The molecular formula is C10H7Cl2F2N3O. The third kappa shape index (κ3) is 2.88. The van der Waals surface area contributed by atoms with Gasteiger partial charge in [-0.2, -0.15) is 0 Å². The van der Waals surface area contributed by atoms with Crippen molar-refractivity contribution < 1.29 is 13.2 Å². The van der Waals surface area contributed by atoms with Gasteiger partial charge in [-0.3, -0.25) is 0 Å². The Hall–Kier alpha value is -1.40. The van der Waals surface area contributed by atoms with Gasteiger partial charge in [0.05, 0.1) is 10.7 Å². The number of anilines is 2. The van der Waals surface area contributed by atoms with E-state index in [9.17, 15) is 8.78 Å². The Morgan fingerprint density at radius 2 is 2.06 bits per heavy atom. The molecule has 0 amide bonds. The fraction of sp³-hybridized carbons (Fsp3) is 0.200. The largest absolute Gasteiger partial charge is 0.408 e. The molecule has 96 valence electrons. The van der Waals surface area contributed by atoms with Crippen LogP contribution >= 0.6 is 23.2 Å². The quantitative estimate of drug-likeness (QED) is 0.876. The molecule has 0 atom stereocenters. The first-order valence-electron chi connectivity index (χ1n) is 4.90. The minimum atomic E-state index is -0.850. The van der Waals surface area contributed by atoms with Crippen LogP contribution < -0.4 is 5.32 Å². The van der Waals surface area contributed by atoms with Gasteiger partial charge in [-0.1, -0.05) is 16.7 Å². The van der Waals surface area contributed by atoms with Crippen molar-refractivity contribution >= 4 is 34.9 Å². The van der Waals surface area contributed by atoms with E-state index in [-0.39, 0.29) is 16.7 Å². The average Bonchev–Trinajstić information content (AvgIpc) is 2.72. The number of halogens is 4. The van der Waals surface area contributed by atoms with Gasteiger partial charge in [-0.05, 0) is 6.07 Å². The van der Waals surface area contributed by atoms with Crippen LogP contribution in [0.5, 0.6) is 0 Å². The van der Waals surface area contributed by atoms with E-state index in [4.69, 9.17) is 27.6 Å². The van der Waals surface area contributed by atoms with Gasteiger partial charge in [0.15, 0.2) is 5.82 Å². The Bertz CT molecular complexity index is 539. The molecule has 2 rings (SSSR count). The molecule has 0 aliphatic carbocycles. The Kier molecular flexibility index (Phi) is 3.98. The number of hydrogen-bond donors (Lipinski definition) is 1. The van der Waals surface area contributed by atoms with Crippen molar-refractivity contribution in [1.29, 1.82) is 0 Å². The van der Waals surface area contributed by atoms with Crippen LogP contribution in [0.25, 0.3) is 0 Å². The van der Waals surface area contributed by atoms with E-state index in [2.05, 4.69) is 15.5 Å². The summed E-state index contributed by atoms with van der Waals surface area (Å²) in [7, 11) is 0. The second-order valence-corrected chi connectivity index (χ2v) is 4.09. The Labute approximate surface area is 111 Å². The maximum absolute atomic E-state index is 13.5. The van der Waals surface area contributed by atoms with Gasteiger partial charge in [0.25, 0.3) is 0 Å². The summed E-state index contributed by atoms with van der Waals surface area (Å²) in [5, 5.41) is 9.67. The molecule has 0 unspecified atom stereocenters. The van der Waals surface area contributed by atoms with Crippen LogP contribution in [0.2, 0.25) is 5.02 Å². The molecule has 0 saturated carbocycles. The molecular weight excluding hydrogens is 287 g/mol. The molecule has 0 aliphatic rings. The Morgan fingerprint density at radius 3 is 2.72 bits per heavy atom. The minimum Gasteiger partial charge on any atom is -0.408 e. The van der Waals surface area contributed by atoms with Gasteiger partial charge >= 0.3 is 6.01 Å². The first-order valence-corrected chi connectivity index (χ1v) is 5.81. The van der Waals surface area contributed by atoms with E-state index in [1.165, 1.54) is 0 Å². The maximum atomic E-state index is 13.5. The van der Waals surface area contributed by atoms with Gasteiger partial charge < -0.3 is 9.73 Å². The van der Waals surface area contributed by atoms with Crippen LogP contribution in [0.15, 0.2) is 16.5 Å². The van der Waals surface area contributed by atoms with Crippen LogP contribution in [0, 0.1) is 11.6 Å². The van der Waals surface area contributed by atoms with Crippen LogP contribution in [-0.4, -0.2) is 16.1 Å². The van der Waals surface area contributed by atoms with Crippen LogP contribution in [0.4, 0.5) is 20.5 Å². The normalized spacial score (nSPS) is 10.7. The number of nitrogens with zero attached hydrogens (tertiary/aromatic N) is 2. The van der Waals surface area contributed by atoms with Gasteiger partial charge in [-0.25, -0.2) is 8.78 Å². The zero-order chi connectivity index (χ0) is 13.1. The van der Waals surface area contributed by atoms with Crippen LogP contribution in [-0.2, 0) is 6.42 Å². The Morgan fingerprint density at radius 1 is 1.28 bits per heavy atom. The third-order valence-electron chi connectivity index (χ3n) is 2.01. The van der Waals surface area contributed by atoms with Gasteiger partial charge in [-0.15, -0.1) is 16.7 Å². The lowest BCUT2D eigenvalue weighted by Gasteiger charge is -2.05. The number of hydrogen-bond acceptors (Lipinski definition) is 4. The van der Waals surface area contributed by atoms with Crippen molar-refractivity contribution in [2.24, 2.45) is 0 Å². The monoisotopic (exact) mass is 293 g/mol. The first kappa shape index (κ1) is 13.0. The van der Waals surface area contributed by atoms with E-state index in [0.717, 1.165) is 6.07 Å². The van der Waals surface area contributed by atoms with Crippen molar-refractivity contribution in [2.45, 2.75) is 6.42 Å². The highest BCUT2D eigenvalue weighted by Crippen LogP contribution is 2.28. The van der Waals surface area contributed by atoms with Crippen LogP contribution in [0.1, 0.15) is 5.89 Å². The number of rotatable bonds is 4. The molecule has 1 heterocycles. The maximum Gasteiger partial charge on any atom is 0.320 e. The number of benzene rings is 1. The summed E-state index contributed by atoms with van der Waals surface area (Å²) in [6, 6.07) is 1.63. The van der Waals surface area contributed by atoms with Gasteiger partial charge in [0, 0.05) is 18.4 Å². The number of aromatic nitrogens is 2. The topological polar surface area (TPSA) is 51.0 Å². The molecule has 8 heteroatoms.